The number of halogens is 1. The van der Waals surface area contributed by atoms with E-state index in [2.05, 4.69) is 27.4 Å². The Morgan fingerprint density at radius 2 is 1.91 bits per heavy atom. The number of hydrogen-bond donors (Lipinski definition) is 1. The molecule has 7 heteroatoms. The highest BCUT2D eigenvalue weighted by Gasteiger charge is 2.16. The van der Waals surface area contributed by atoms with Crippen molar-refractivity contribution in [2.24, 2.45) is 0 Å². The van der Waals surface area contributed by atoms with Gasteiger partial charge in [-0.1, -0.05) is 42.8 Å². The standard InChI is InChI=1S/C26H27FN4O2/c1-4-5-12-28-24-17(2)13-19(15-29-24)25-30-26(33-31-25)18-10-11-21(20(14-18)16-32-3)22-8-6-7-9-23(22)27/h6-11,13-15H,4-5,12,16H2,1-3H3,(H,28,29). The molecule has 170 valence electrons. The summed E-state index contributed by atoms with van der Waals surface area (Å²) in [6, 6.07) is 14.3. The van der Waals surface area contributed by atoms with E-state index in [4.69, 9.17) is 9.26 Å². The fourth-order valence-corrected chi connectivity index (χ4v) is 3.67. The quantitative estimate of drug-likeness (QED) is 0.305. The van der Waals surface area contributed by atoms with Gasteiger partial charge in [0.05, 0.1) is 6.61 Å². The van der Waals surface area contributed by atoms with Crippen molar-refractivity contribution in [3.05, 3.63) is 71.7 Å². The number of rotatable bonds is 9. The average Bonchev–Trinajstić information content (AvgIpc) is 3.31. The van der Waals surface area contributed by atoms with Gasteiger partial charge < -0.3 is 14.6 Å². The predicted molar refractivity (Wildman–Crippen MR) is 127 cm³/mol. The van der Waals surface area contributed by atoms with Gasteiger partial charge in [0.25, 0.3) is 5.89 Å². The van der Waals surface area contributed by atoms with E-state index >= 15 is 0 Å². The number of nitrogens with zero attached hydrogens (tertiary/aromatic N) is 3. The summed E-state index contributed by atoms with van der Waals surface area (Å²) in [5.41, 5.74) is 4.67. The van der Waals surface area contributed by atoms with E-state index in [0.29, 0.717) is 23.9 Å². The van der Waals surface area contributed by atoms with E-state index in [1.54, 1.807) is 25.4 Å². The van der Waals surface area contributed by atoms with Crippen LogP contribution in [0.4, 0.5) is 10.2 Å². The van der Waals surface area contributed by atoms with Gasteiger partial charge in [-0.2, -0.15) is 4.98 Å². The van der Waals surface area contributed by atoms with Gasteiger partial charge in [0, 0.05) is 36.5 Å². The van der Waals surface area contributed by atoms with Crippen LogP contribution in [-0.4, -0.2) is 28.8 Å². The van der Waals surface area contributed by atoms with E-state index in [0.717, 1.165) is 53.0 Å². The van der Waals surface area contributed by atoms with Crippen LogP contribution in [0.2, 0.25) is 0 Å². The van der Waals surface area contributed by atoms with Crippen molar-refractivity contribution in [3.8, 4) is 34.0 Å². The number of methoxy groups -OCH3 is 1. The van der Waals surface area contributed by atoms with Gasteiger partial charge in [-0.15, -0.1) is 0 Å². The molecule has 2 aromatic carbocycles. The molecule has 0 fully saturated rings. The molecule has 6 nitrogen and oxygen atoms in total. The van der Waals surface area contributed by atoms with Crippen LogP contribution in [0.5, 0.6) is 0 Å². The lowest BCUT2D eigenvalue weighted by atomic mass is 9.97. The third-order valence-electron chi connectivity index (χ3n) is 5.40. The van der Waals surface area contributed by atoms with Gasteiger partial charge in [-0.25, -0.2) is 9.37 Å². The van der Waals surface area contributed by atoms with Crippen LogP contribution in [0.25, 0.3) is 34.0 Å². The molecule has 0 saturated heterocycles. The maximum atomic E-state index is 14.4. The Kier molecular flexibility index (Phi) is 7.10. The van der Waals surface area contributed by atoms with Gasteiger partial charge in [0.1, 0.15) is 11.6 Å². The topological polar surface area (TPSA) is 73.1 Å². The van der Waals surface area contributed by atoms with Gasteiger partial charge >= 0.3 is 0 Å². The summed E-state index contributed by atoms with van der Waals surface area (Å²) < 4.78 is 25.3. The summed E-state index contributed by atoms with van der Waals surface area (Å²) in [7, 11) is 1.61. The van der Waals surface area contributed by atoms with Crippen molar-refractivity contribution < 1.29 is 13.7 Å². The van der Waals surface area contributed by atoms with Crippen LogP contribution in [0, 0.1) is 12.7 Å². The zero-order valence-electron chi connectivity index (χ0n) is 19.1. The van der Waals surface area contributed by atoms with E-state index in [1.165, 1.54) is 6.07 Å². The number of anilines is 1. The van der Waals surface area contributed by atoms with Crippen molar-refractivity contribution >= 4 is 5.82 Å². The highest BCUT2D eigenvalue weighted by atomic mass is 19.1. The summed E-state index contributed by atoms with van der Waals surface area (Å²) in [4.78, 5) is 9.08. The van der Waals surface area contributed by atoms with E-state index in [9.17, 15) is 4.39 Å². The summed E-state index contributed by atoms with van der Waals surface area (Å²) in [6.07, 6.45) is 3.97. The molecule has 0 bridgehead atoms. The monoisotopic (exact) mass is 446 g/mol. The number of unbranched alkanes of at least 4 members (excludes halogenated alkanes) is 1. The second kappa shape index (κ2) is 10.4. The number of nitrogens with one attached hydrogen (secondary N) is 1. The minimum Gasteiger partial charge on any atom is -0.380 e. The van der Waals surface area contributed by atoms with Crippen molar-refractivity contribution in [1.82, 2.24) is 15.1 Å². The maximum Gasteiger partial charge on any atom is 0.258 e. The first-order chi connectivity index (χ1) is 16.1. The van der Waals surface area contributed by atoms with Crippen molar-refractivity contribution in [3.63, 3.8) is 0 Å². The number of ether oxygens (including phenoxy) is 1. The molecule has 33 heavy (non-hydrogen) atoms. The Labute approximate surface area is 192 Å². The molecule has 0 amide bonds. The molecule has 0 aliphatic heterocycles. The molecular weight excluding hydrogens is 419 g/mol. The van der Waals surface area contributed by atoms with Gasteiger partial charge in [0.2, 0.25) is 5.82 Å². The fraction of sp³-hybridized carbons (Fsp3) is 0.269. The van der Waals surface area contributed by atoms with Crippen molar-refractivity contribution in [2.45, 2.75) is 33.3 Å². The highest BCUT2D eigenvalue weighted by Crippen LogP contribution is 2.31. The van der Waals surface area contributed by atoms with Crippen molar-refractivity contribution in [2.75, 3.05) is 19.0 Å². The Morgan fingerprint density at radius 3 is 2.67 bits per heavy atom. The lowest BCUT2D eigenvalue weighted by molar-refractivity contribution is 0.185. The lowest BCUT2D eigenvalue weighted by Gasteiger charge is -2.11. The normalized spacial score (nSPS) is 11.0. The molecule has 0 spiro atoms. The van der Waals surface area contributed by atoms with Crippen molar-refractivity contribution in [1.29, 1.82) is 0 Å². The largest absolute Gasteiger partial charge is 0.380 e. The Bertz CT molecular complexity index is 1240. The first-order valence-corrected chi connectivity index (χ1v) is 11.0. The van der Waals surface area contributed by atoms with Crippen LogP contribution >= 0.6 is 0 Å². The molecule has 1 N–H and O–H groups in total. The molecule has 0 unspecified atom stereocenters. The van der Waals surface area contributed by atoms with Gasteiger partial charge in [-0.05, 0) is 54.3 Å². The van der Waals surface area contributed by atoms with Crippen LogP contribution in [0.1, 0.15) is 30.9 Å². The minimum absolute atomic E-state index is 0.279. The van der Waals surface area contributed by atoms with E-state index in [-0.39, 0.29) is 5.82 Å². The predicted octanol–water partition coefficient (Wildman–Crippen LogP) is 6.27. The van der Waals surface area contributed by atoms with Crippen LogP contribution < -0.4 is 5.32 Å². The fourth-order valence-electron chi connectivity index (χ4n) is 3.67. The molecule has 4 rings (SSSR count). The summed E-state index contributed by atoms with van der Waals surface area (Å²) >= 11 is 0. The highest BCUT2D eigenvalue weighted by molar-refractivity contribution is 5.72. The third kappa shape index (κ3) is 5.09. The Morgan fingerprint density at radius 1 is 1.06 bits per heavy atom. The number of pyridine rings is 1. The maximum absolute atomic E-state index is 14.4. The SMILES string of the molecule is CCCCNc1ncc(-c2noc(-c3ccc(-c4ccccc4F)c(COC)c3)n2)cc1C. The number of aryl methyl sites for hydroxylation is 1. The Hall–Kier alpha value is -3.58. The first kappa shape index (κ1) is 22.6. The zero-order chi connectivity index (χ0) is 23.2. The third-order valence-corrected chi connectivity index (χ3v) is 5.40. The molecule has 0 radical (unpaired) electrons. The Balaban J connectivity index is 1.61. The molecule has 0 saturated carbocycles. The van der Waals surface area contributed by atoms with Crippen LogP contribution in [-0.2, 0) is 11.3 Å². The second-order valence-electron chi connectivity index (χ2n) is 7.88. The average molecular weight is 447 g/mol. The molecule has 2 heterocycles. The lowest BCUT2D eigenvalue weighted by Crippen LogP contribution is -2.04. The van der Waals surface area contributed by atoms with Gasteiger partial charge in [0.15, 0.2) is 0 Å². The van der Waals surface area contributed by atoms with Gasteiger partial charge in [-0.3, -0.25) is 0 Å². The molecule has 0 aliphatic carbocycles. The van der Waals surface area contributed by atoms with E-state index in [1.807, 2.05) is 37.3 Å². The molecular formula is C26H27FN4O2. The summed E-state index contributed by atoms with van der Waals surface area (Å²) in [6.45, 7) is 5.38. The van der Waals surface area contributed by atoms with Crippen LogP contribution in [0.3, 0.4) is 0 Å². The number of benzene rings is 2. The first-order valence-electron chi connectivity index (χ1n) is 11.0. The van der Waals surface area contributed by atoms with E-state index < -0.39 is 0 Å². The molecule has 4 aromatic rings. The van der Waals surface area contributed by atoms with Crippen LogP contribution in [0.15, 0.2) is 59.3 Å². The summed E-state index contributed by atoms with van der Waals surface area (Å²) in [5, 5.41) is 7.49. The number of hydrogen-bond acceptors (Lipinski definition) is 6. The molecule has 0 aliphatic rings. The second-order valence-corrected chi connectivity index (χ2v) is 7.88. The molecule has 2 aromatic heterocycles. The smallest absolute Gasteiger partial charge is 0.258 e. The zero-order valence-corrected chi connectivity index (χ0v) is 19.1. The molecule has 0 atom stereocenters. The number of aromatic nitrogens is 3. The summed E-state index contributed by atoms with van der Waals surface area (Å²) in [5.74, 6) is 1.43. The minimum atomic E-state index is -0.279.